The number of nitrogen functional groups attached to an aromatic ring is 1. The molecule has 4 N–H and O–H groups in total. The molecule has 0 spiro atoms. The van der Waals surface area contributed by atoms with Gasteiger partial charge in [-0.15, -0.1) is 23.1 Å². The number of carboxylic acids is 1. The summed E-state index contributed by atoms with van der Waals surface area (Å²) in [5.41, 5.74) is 5.44. The van der Waals surface area contributed by atoms with Crippen molar-refractivity contribution in [1.82, 2.24) is 0 Å². The van der Waals surface area contributed by atoms with Gasteiger partial charge < -0.3 is 10.8 Å². The molecular weight excluding hydrogens is 493 g/mol. The number of benzene rings is 1. The first-order valence-corrected chi connectivity index (χ1v) is 11.0. The maximum Gasteiger partial charge on any atom is 0.490 e. The summed E-state index contributed by atoms with van der Waals surface area (Å²) in [5, 5.41) is 14.6. The van der Waals surface area contributed by atoms with Gasteiger partial charge in [0, 0.05) is 4.47 Å². The molecule has 27 heavy (non-hydrogen) atoms. The number of hydrogen-bond acceptors (Lipinski definition) is 6. The molecule has 0 aliphatic heterocycles. The Balaban J connectivity index is 0.000000445. The molecule has 0 saturated heterocycles. The van der Waals surface area contributed by atoms with Gasteiger partial charge in [0.25, 0.3) is 0 Å². The Hall–Kier alpha value is -1.57. The Morgan fingerprint density at radius 2 is 1.89 bits per heavy atom. The lowest BCUT2D eigenvalue weighted by molar-refractivity contribution is -0.192. The van der Waals surface area contributed by atoms with Gasteiger partial charge in [-0.25, -0.2) is 13.2 Å². The van der Waals surface area contributed by atoms with Gasteiger partial charge in [-0.3, -0.25) is 5.41 Å². The molecule has 0 radical (unpaired) electrons. The van der Waals surface area contributed by atoms with E-state index in [1.54, 1.807) is 30.5 Å². The predicted octanol–water partition coefficient (Wildman–Crippen LogP) is 3.98. The van der Waals surface area contributed by atoms with Crippen LogP contribution >= 0.6 is 39.0 Å². The highest BCUT2D eigenvalue weighted by molar-refractivity contribution is 9.10. The zero-order valence-corrected chi connectivity index (χ0v) is 17.4. The summed E-state index contributed by atoms with van der Waals surface area (Å²) in [5.74, 6) is -2.88. The number of thioether (sulfide) groups is 1. The summed E-state index contributed by atoms with van der Waals surface area (Å²) in [6, 6.07) is 8.02. The molecule has 2 rings (SSSR count). The Labute approximate surface area is 169 Å². The molecule has 0 unspecified atom stereocenters. The number of nitrogens with two attached hydrogens (primary N) is 1. The number of amidine groups is 1. The highest BCUT2D eigenvalue weighted by Crippen LogP contribution is 2.37. The van der Waals surface area contributed by atoms with Crippen molar-refractivity contribution < 1.29 is 31.5 Å². The third-order valence-corrected chi connectivity index (χ3v) is 7.59. The Morgan fingerprint density at radius 3 is 2.30 bits per heavy atom. The molecule has 2 aromatic rings. The number of thiophene rings is 1. The van der Waals surface area contributed by atoms with E-state index in [0.29, 0.717) is 13.6 Å². The smallest absolute Gasteiger partial charge is 0.475 e. The van der Waals surface area contributed by atoms with Crippen LogP contribution in [0.25, 0.3) is 0 Å². The molecule has 148 valence electrons. The van der Waals surface area contributed by atoms with Crippen molar-refractivity contribution in [3.8, 4) is 0 Å². The normalized spacial score (nSPS) is 11.4. The van der Waals surface area contributed by atoms with Crippen molar-refractivity contribution in [2.24, 2.45) is 5.73 Å². The van der Waals surface area contributed by atoms with Crippen LogP contribution < -0.4 is 5.73 Å². The number of carboxylic acid groups (broad SMARTS) is 1. The van der Waals surface area contributed by atoms with Crippen LogP contribution in [0.2, 0.25) is 0 Å². The van der Waals surface area contributed by atoms with E-state index in [2.05, 4.69) is 15.9 Å². The molecule has 1 heterocycles. The number of sulfone groups is 1. The molecule has 6 nitrogen and oxygen atoms in total. The third kappa shape index (κ3) is 6.23. The largest absolute Gasteiger partial charge is 0.490 e. The summed E-state index contributed by atoms with van der Waals surface area (Å²) in [6.45, 7) is 0. The molecule has 0 aliphatic carbocycles. The summed E-state index contributed by atoms with van der Waals surface area (Å²) in [6.07, 6.45) is -3.28. The van der Waals surface area contributed by atoms with Crippen LogP contribution in [-0.4, -0.2) is 37.8 Å². The lowest BCUT2D eigenvalue weighted by Crippen LogP contribution is -2.21. The maximum atomic E-state index is 12.7. The van der Waals surface area contributed by atoms with Crippen molar-refractivity contribution in [3.05, 3.63) is 39.7 Å². The average molecular weight is 505 g/mol. The first-order chi connectivity index (χ1) is 12.3. The van der Waals surface area contributed by atoms with Crippen LogP contribution in [-0.2, 0) is 14.6 Å². The second kappa shape index (κ2) is 9.08. The van der Waals surface area contributed by atoms with Gasteiger partial charge in [0.2, 0.25) is 9.84 Å². The van der Waals surface area contributed by atoms with Gasteiger partial charge in [0.15, 0.2) is 0 Å². The Kier molecular flexibility index (Phi) is 7.89. The lowest BCUT2D eigenvalue weighted by atomic mass is 10.4. The van der Waals surface area contributed by atoms with Crippen LogP contribution in [0.5, 0.6) is 0 Å². The SMILES string of the molecule is CSc1sc(C(=N)N)cc1S(=O)(=O)c1cccc(Br)c1.O=C(O)C(F)(F)F. The minimum Gasteiger partial charge on any atom is -0.475 e. The molecule has 0 atom stereocenters. The number of hydrogen-bond donors (Lipinski definition) is 3. The van der Waals surface area contributed by atoms with E-state index in [-0.39, 0.29) is 15.6 Å². The summed E-state index contributed by atoms with van der Waals surface area (Å²) < 4.78 is 58.4. The fourth-order valence-electron chi connectivity index (χ4n) is 1.58. The second-order valence-corrected chi connectivity index (χ2v) is 9.60. The molecule has 0 aliphatic rings. The van der Waals surface area contributed by atoms with E-state index in [0.717, 1.165) is 0 Å². The summed E-state index contributed by atoms with van der Waals surface area (Å²) in [4.78, 5) is 9.78. The predicted molar refractivity (Wildman–Crippen MR) is 100 cm³/mol. The average Bonchev–Trinajstić information content (AvgIpc) is 3.00. The Bertz CT molecular complexity index is 959. The molecule has 1 aromatic carbocycles. The topological polar surface area (TPSA) is 121 Å². The third-order valence-electron chi connectivity index (χ3n) is 2.76. The van der Waals surface area contributed by atoms with Gasteiger partial charge in [-0.05, 0) is 30.5 Å². The van der Waals surface area contributed by atoms with E-state index >= 15 is 0 Å². The number of halogens is 4. The molecule has 0 saturated carbocycles. The minimum absolute atomic E-state index is 0.124. The lowest BCUT2D eigenvalue weighted by Gasteiger charge is -2.04. The molecule has 1 aromatic heterocycles. The van der Waals surface area contributed by atoms with Gasteiger partial charge in [0.1, 0.15) is 5.84 Å². The van der Waals surface area contributed by atoms with Crippen LogP contribution in [0.1, 0.15) is 4.88 Å². The number of aliphatic carboxylic acids is 1. The van der Waals surface area contributed by atoms with Crippen LogP contribution in [0.4, 0.5) is 13.2 Å². The summed E-state index contributed by atoms with van der Waals surface area (Å²) >= 11 is 5.82. The van der Waals surface area contributed by atoms with Gasteiger partial charge in [0.05, 0.1) is 18.9 Å². The minimum atomic E-state index is -5.08. The van der Waals surface area contributed by atoms with E-state index < -0.39 is 22.0 Å². The molecule has 0 bridgehead atoms. The van der Waals surface area contributed by atoms with Crippen LogP contribution in [0.3, 0.4) is 0 Å². The highest BCUT2D eigenvalue weighted by atomic mass is 79.9. The van der Waals surface area contributed by atoms with Crippen molar-refractivity contribution in [1.29, 1.82) is 5.41 Å². The second-order valence-electron chi connectivity index (χ2n) is 4.64. The van der Waals surface area contributed by atoms with Crippen molar-refractivity contribution >= 4 is 60.7 Å². The summed E-state index contributed by atoms with van der Waals surface area (Å²) in [7, 11) is -3.61. The monoisotopic (exact) mass is 504 g/mol. The van der Waals surface area contributed by atoms with Crippen LogP contribution in [0.15, 0.2) is 48.8 Å². The number of carbonyl (C=O) groups is 1. The molecule has 0 amide bonds. The zero-order chi connectivity index (χ0) is 21.0. The zero-order valence-electron chi connectivity index (χ0n) is 13.4. The van der Waals surface area contributed by atoms with Gasteiger partial charge >= 0.3 is 12.1 Å². The number of rotatable bonds is 4. The number of nitrogens with one attached hydrogen (secondary N) is 1. The molecular formula is C14H12BrF3N2O4S3. The molecule has 13 heteroatoms. The van der Waals surface area contributed by atoms with E-state index in [9.17, 15) is 21.6 Å². The van der Waals surface area contributed by atoms with Crippen LogP contribution in [0, 0.1) is 5.41 Å². The fraction of sp³-hybridized carbons (Fsp3) is 0.143. The van der Waals surface area contributed by atoms with E-state index in [1.807, 2.05) is 0 Å². The van der Waals surface area contributed by atoms with Gasteiger partial charge in [-0.1, -0.05) is 22.0 Å². The Morgan fingerprint density at radius 1 is 1.33 bits per heavy atom. The fourth-order valence-corrected chi connectivity index (χ4v) is 6.03. The highest BCUT2D eigenvalue weighted by Gasteiger charge is 2.38. The van der Waals surface area contributed by atoms with Crippen molar-refractivity contribution in [2.45, 2.75) is 20.2 Å². The first kappa shape index (κ1) is 23.5. The van der Waals surface area contributed by atoms with Crippen molar-refractivity contribution in [2.75, 3.05) is 6.26 Å². The van der Waals surface area contributed by atoms with Gasteiger partial charge in [-0.2, -0.15) is 13.2 Å². The number of alkyl halides is 3. The molecule has 0 fully saturated rings. The quantitative estimate of drug-likeness (QED) is 0.328. The van der Waals surface area contributed by atoms with E-state index in [1.165, 1.54) is 29.2 Å². The maximum absolute atomic E-state index is 12.7. The van der Waals surface area contributed by atoms with Crippen molar-refractivity contribution in [3.63, 3.8) is 0 Å². The standard InChI is InChI=1S/C12H11BrN2O2S3.C2HF3O2/c1-18-12-10(6-9(19-12)11(14)15)20(16,17)8-4-2-3-7(13)5-8;3-2(4,5)1(6)7/h2-6H,1H3,(H3,14,15);(H,6,7). The first-order valence-electron chi connectivity index (χ1n) is 6.63. The van der Waals surface area contributed by atoms with E-state index in [4.69, 9.17) is 21.0 Å².